The lowest BCUT2D eigenvalue weighted by Crippen LogP contribution is -2.37. The van der Waals surface area contributed by atoms with Crippen LogP contribution in [0.15, 0.2) is 47.5 Å². The van der Waals surface area contributed by atoms with Crippen molar-refractivity contribution in [2.24, 2.45) is 16.5 Å². The summed E-state index contributed by atoms with van der Waals surface area (Å²) in [6, 6.07) is 11.5. The number of hydrogen-bond acceptors (Lipinski definition) is 7. The predicted molar refractivity (Wildman–Crippen MR) is 179 cm³/mol. The second-order valence-corrected chi connectivity index (χ2v) is 11.4. The van der Waals surface area contributed by atoms with Crippen molar-refractivity contribution < 1.29 is 28.9 Å². The van der Waals surface area contributed by atoms with Crippen LogP contribution >= 0.6 is 12.4 Å². The highest BCUT2D eigenvalue weighted by Crippen LogP contribution is 2.44. The Balaban J connectivity index is 0.00000552. The van der Waals surface area contributed by atoms with Crippen LogP contribution in [0.1, 0.15) is 82.5 Å². The number of fused-ring (bicyclic) bond motifs is 1. The van der Waals surface area contributed by atoms with Gasteiger partial charge in [-0.1, -0.05) is 0 Å². The molecular formula is C34H43ClN4O6. The molecular weight excluding hydrogens is 596 g/mol. The third-order valence-electron chi connectivity index (χ3n) is 8.02. The third-order valence-corrected chi connectivity index (χ3v) is 8.02. The SMILES string of the molecule is CCOC(=O)c1cc(N=C(N)N)cc(C(=O)Nc2ccc(OCCCCC3(C)CCc4c(C)c(O)c(C)c(C)c4O3)cc2)c1.Cl. The smallest absolute Gasteiger partial charge is 0.338 e. The Bertz CT molecular complexity index is 1570. The molecule has 0 saturated heterocycles. The predicted octanol–water partition coefficient (Wildman–Crippen LogP) is 6.41. The lowest BCUT2D eigenvalue weighted by atomic mass is 9.85. The summed E-state index contributed by atoms with van der Waals surface area (Å²) < 4.78 is 17.5. The van der Waals surface area contributed by atoms with E-state index in [9.17, 15) is 14.7 Å². The van der Waals surface area contributed by atoms with E-state index < -0.39 is 11.9 Å². The number of anilines is 1. The van der Waals surface area contributed by atoms with Crippen LogP contribution in [0.5, 0.6) is 17.2 Å². The summed E-state index contributed by atoms with van der Waals surface area (Å²) >= 11 is 0. The Morgan fingerprint density at radius 2 is 1.71 bits per heavy atom. The molecule has 0 radical (unpaired) electrons. The Labute approximate surface area is 270 Å². The van der Waals surface area contributed by atoms with Gasteiger partial charge in [0.1, 0.15) is 22.8 Å². The number of ether oxygens (including phenoxy) is 3. The number of aromatic hydroxyl groups is 1. The maximum atomic E-state index is 13.0. The van der Waals surface area contributed by atoms with Crippen LogP contribution in [0, 0.1) is 20.8 Å². The molecule has 3 aromatic rings. The Kier molecular flexibility index (Phi) is 11.7. The maximum absolute atomic E-state index is 13.0. The Hall–Kier alpha value is -4.44. The Morgan fingerprint density at radius 3 is 2.38 bits per heavy atom. The van der Waals surface area contributed by atoms with Gasteiger partial charge in [-0.25, -0.2) is 9.79 Å². The number of guanidine groups is 1. The summed E-state index contributed by atoms with van der Waals surface area (Å²) in [4.78, 5) is 29.2. The first-order valence-electron chi connectivity index (χ1n) is 14.9. The van der Waals surface area contributed by atoms with Crippen LogP contribution in [0.2, 0.25) is 0 Å². The molecule has 6 N–H and O–H groups in total. The van der Waals surface area contributed by atoms with Crippen molar-refractivity contribution in [3.63, 3.8) is 0 Å². The minimum absolute atomic E-state index is 0. The van der Waals surface area contributed by atoms with Crippen molar-refractivity contribution in [2.45, 2.75) is 72.3 Å². The zero-order chi connectivity index (χ0) is 32.0. The van der Waals surface area contributed by atoms with E-state index in [-0.39, 0.29) is 47.4 Å². The largest absolute Gasteiger partial charge is 0.507 e. The number of carbonyl (C=O) groups excluding carboxylic acids is 2. The zero-order valence-corrected chi connectivity index (χ0v) is 27.3. The second-order valence-electron chi connectivity index (χ2n) is 11.4. The van der Waals surface area contributed by atoms with Crippen molar-refractivity contribution in [1.82, 2.24) is 0 Å². The van der Waals surface area contributed by atoms with Crippen molar-refractivity contribution in [2.75, 3.05) is 18.5 Å². The summed E-state index contributed by atoms with van der Waals surface area (Å²) in [5.74, 6) is 0.782. The van der Waals surface area contributed by atoms with E-state index in [4.69, 9.17) is 25.7 Å². The molecule has 1 aliphatic heterocycles. The van der Waals surface area contributed by atoms with Crippen LogP contribution in [-0.2, 0) is 11.2 Å². The maximum Gasteiger partial charge on any atom is 0.338 e. The number of nitrogens with two attached hydrogens (primary N) is 2. The van der Waals surface area contributed by atoms with Crippen LogP contribution in [0.25, 0.3) is 0 Å². The van der Waals surface area contributed by atoms with E-state index in [1.165, 1.54) is 18.2 Å². The monoisotopic (exact) mass is 638 g/mol. The highest BCUT2D eigenvalue weighted by Gasteiger charge is 2.34. The molecule has 3 aromatic carbocycles. The van der Waals surface area contributed by atoms with Crippen molar-refractivity contribution in [3.05, 3.63) is 75.8 Å². The number of nitrogens with one attached hydrogen (secondary N) is 1. The molecule has 0 bridgehead atoms. The molecule has 1 atom stereocenters. The quantitative estimate of drug-likeness (QED) is 0.0812. The molecule has 4 rings (SSSR count). The van der Waals surface area contributed by atoms with Gasteiger partial charge in [-0.15, -0.1) is 12.4 Å². The highest BCUT2D eigenvalue weighted by molar-refractivity contribution is 6.06. The molecule has 45 heavy (non-hydrogen) atoms. The molecule has 10 nitrogen and oxygen atoms in total. The van der Waals surface area contributed by atoms with Gasteiger partial charge in [0.15, 0.2) is 5.96 Å². The molecule has 0 aliphatic carbocycles. The lowest BCUT2D eigenvalue weighted by molar-refractivity contribution is 0.0511. The fourth-order valence-corrected chi connectivity index (χ4v) is 5.39. The van der Waals surface area contributed by atoms with Crippen molar-refractivity contribution >= 4 is 41.6 Å². The fraction of sp³-hybridized carbons (Fsp3) is 0.382. The summed E-state index contributed by atoms with van der Waals surface area (Å²) in [6.07, 6.45) is 4.51. The lowest BCUT2D eigenvalue weighted by Gasteiger charge is -2.38. The minimum Gasteiger partial charge on any atom is -0.507 e. The number of unbranched alkanes of at least 4 members (excludes halogenated alkanes) is 1. The molecule has 0 saturated carbocycles. The zero-order valence-electron chi connectivity index (χ0n) is 26.5. The first kappa shape index (κ1) is 35.0. The van der Waals surface area contributed by atoms with Gasteiger partial charge < -0.3 is 36.1 Å². The number of carbonyl (C=O) groups is 2. The number of phenolic OH excluding ortho intramolecular Hbond substituents is 1. The van der Waals surface area contributed by atoms with Gasteiger partial charge in [-0.2, -0.15) is 0 Å². The number of halogens is 1. The number of rotatable bonds is 11. The van der Waals surface area contributed by atoms with E-state index in [2.05, 4.69) is 17.2 Å². The molecule has 0 aromatic heterocycles. The number of nitrogens with zero attached hydrogens (tertiary/aromatic N) is 1. The van der Waals surface area contributed by atoms with Gasteiger partial charge in [0.2, 0.25) is 0 Å². The van der Waals surface area contributed by atoms with Gasteiger partial charge in [0.25, 0.3) is 5.91 Å². The molecule has 1 aliphatic rings. The van der Waals surface area contributed by atoms with E-state index in [0.717, 1.165) is 60.1 Å². The Morgan fingerprint density at radius 1 is 1.02 bits per heavy atom. The number of amides is 1. The first-order chi connectivity index (χ1) is 20.9. The molecule has 1 unspecified atom stereocenters. The van der Waals surface area contributed by atoms with Crippen LogP contribution in [-0.4, -0.2) is 41.8 Å². The molecule has 1 amide bonds. The highest BCUT2D eigenvalue weighted by atomic mass is 35.5. The number of aliphatic imine (C=N–C) groups is 1. The molecule has 242 valence electrons. The van der Waals surface area contributed by atoms with Crippen LogP contribution in [0.3, 0.4) is 0 Å². The molecule has 11 heteroatoms. The van der Waals surface area contributed by atoms with E-state index in [0.29, 0.717) is 23.8 Å². The summed E-state index contributed by atoms with van der Waals surface area (Å²) in [5.41, 5.74) is 15.8. The molecule has 0 spiro atoms. The topological polar surface area (TPSA) is 158 Å². The standard InChI is InChI=1S/C34H42N4O6.ClH/c1-6-42-32(41)24-17-23(18-26(19-24)38-33(35)36)31(40)37-25-9-11-27(12-10-25)43-16-8-7-14-34(5)15-13-28-22(4)29(39)20(2)21(3)30(28)44-34;/h9-12,17-19,39H,6-8,13-16H2,1-5H3,(H,37,40)(H4,35,36,38);1H. The van der Waals surface area contributed by atoms with Gasteiger partial charge in [-0.05, 0) is 126 Å². The van der Waals surface area contributed by atoms with Gasteiger partial charge in [0, 0.05) is 16.8 Å². The fourth-order valence-electron chi connectivity index (χ4n) is 5.39. The third kappa shape index (κ3) is 8.60. The average molecular weight is 639 g/mol. The van der Waals surface area contributed by atoms with Gasteiger partial charge in [0.05, 0.1) is 24.5 Å². The summed E-state index contributed by atoms with van der Waals surface area (Å²) in [6.45, 7) is 10.5. The van der Waals surface area contributed by atoms with Crippen molar-refractivity contribution in [3.8, 4) is 17.2 Å². The van der Waals surface area contributed by atoms with Crippen LogP contribution in [0.4, 0.5) is 11.4 Å². The number of benzene rings is 3. The van der Waals surface area contributed by atoms with E-state index in [1.54, 1.807) is 31.2 Å². The van der Waals surface area contributed by atoms with E-state index in [1.807, 2.05) is 20.8 Å². The second kappa shape index (κ2) is 15.0. The minimum atomic E-state index is -0.581. The van der Waals surface area contributed by atoms with E-state index >= 15 is 0 Å². The average Bonchev–Trinajstić information content (AvgIpc) is 2.99. The van der Waals surface area contributed by atoms with Gasteiger partial charge in [-0.3, -0.25) is 4.79 Å². The van der Waals surface area contributed by atoms with Crippen LogP contribution < -0.4 is 26.3 Å². The summed E-state index contributed by atoms with van der Waals surface area (Å²) in [7, 11) is 0. The number of esters is 1. The summed E-state index contributed by atoms with van der Waals surface area (Å²) in [5, 5.41) is 13.2. The molecule has 0 fully saturated rings. The molecule has 1 heterocycles. The normalized spacial score (nSPS) is 15.1. The number of hydrogen-bond donors (Lipinski definition) is 4. The van der Waals surface area contributed by atoms with Crippen molar-refractivity contribution in [1.29, 1.82) is 0 Å². The number of phenols is 1. The van der Waals surface area contributed by atoms with Gasteiger partial charge >= 0.3 is 5.97 Å². The first-order valence-corrected chi connectivity index (χ1v) is 14.9.